The van der Waals surface area contributed by atoms with Crippen LogP contribution in [0.4, 0.5) is 5.69 Å². The van der Waals surface area contributed by atoms with Crippen LogP contribution in [0.3, 0.4) is 0 Å². The van der Waals surface area contributed by atoms with E-state index in [2.05, 4.69) is 0 Å². The fraction of sp³-hybridized carbons (Fsp3) is 0.625. The van der Waals surface area contributed by atoms with Crippen molar-refractivity contribution in [2.75, 3.05) is 31.2 Å². The van der Waals surface area contributed by atoms with Crippen LogP contribution in [0.2, 0.25) is 5.02 Å². The molecule has 2 saturated carbocycles. The molecule has 1 saturated heterocycles. The molecular formula is C24H32ClN3O3. The summed E-state index contributed by atoms with van der Waals surface area (Å²) in [6.45, 7) is 2.84. The Kier molecular flexibility index (Phi) is 6.85. The average Bonchev–Trinajstić information content (AvgIpc) is 3.25. The minimum atomic E-state index is -0.162. The van der Waals surface area contributed by atoms with Gasteiger partial charge in [-0.2, -0.15) is 0 Å². The summed E-state index contributed by atoms with van der Waals surface area (Å²) in [5.41, 5.74) is 1.56. The molecule has 2 aliphatic carbocycles. The number of carbonyl (C=O) groups excluding carboxylic acids is 3. The van der Waals surface area contributed by atoms with Crippen LogP contribution in [0.5, 0.6) is 0 Å². The zero-order valence-electron chi connectivity index (χ0n) is 18.3. The normalized spacial score (nSPS) is 19.4. The van der Waals surface area contributed by atoms with Crippen LogP contribution in [0.25, 0.3) is 0 Å². The van der Waals surface area contributed by atoms with E-state index in [9.17, 15) is 14.4 Å². The van der Waals surface area contributed by atoms with Crippen LogP contribution in [-0.2, 0) is 14.4 Å². The third kappa shape index (κ3) is 5.40. The third-order valence-corrected chi connectivity index (χ3v) is 7.33. The molecule has 0 bridgehead atoms. The van der Waals surface area contributed by atoms with E-state index in [0.717, 1.165) is 30.5 Å². The smallest absolute Gasteiger partial charge is 0.248 e. The average molecular weight is 446 g/mol. The largest absolute Gasteiger partial charge is 0.333 e. The molecule has 0 aromatic heterocycles. The third-order valence-electron chi connectivity index (χ3n) is 6.92. The number of hydrogen-bond acceptors (Lipinski definition) is 3. The van der Waals surface area contributed by atoms with Crippen molar-refractivity contribution >= 4 is 35.0 Å². The number of hydrogen-bond donors (Lipinski definition) is 0. The van der Waals surface area contributed by atoms with Crippen LogP contribution in [0.15, 0.2) is 18.2 Å². The highest BCUT2D eigenvalue weighted by Gasteiger charge is 2.35. The lowest BCUT2D eigenvalue weighted by Gasteiger charge is -2.26. The summed E-state index contributed by atoms with van der Waals surface area (Å²) in [6.07, 6.45) is 8.71. The number of anilines is 1. The number of rotatable bonds is 8. The lowest BCUT2D eigenvalue weighted by atomic mass is 10.0. The Labute approximate surface area is 189 Å². The fourth-order valence-electron chi connectivity index (χ4n) is 4.73. The summed E-state index contributed by atoms with van der Waals surface area (Å²) in [7, 11) is 0. The van der Waals surface area contributed by atoms with Crippen molar-refractivity contribution in [2.45, 2.75) is 58.3 Å². The highest BCUT2D eigenvalue weighted by Crippen LogP contribution is 2.32. The van der Waals surface area contributed by atoms with Gasteiger partial charge < -0.3 is 9.80 Å². The molecule has 0 unspecified atom stereocenters. The van der Waals surface area contributed by atoms with Crippen molar-refractivity contribution in [1.29, 1.82) is 0 Å². The maximum absolute atomic E-state index is 13.0. The Morgan fingerprint density at radius 2 is 1.87 bits per heavy atom. The molecule has 3 aliphatic rings. The van der Waals surface area contributed by atoms with Gasteiger partial charge in [-0.15, -0.1) is 0 Å². The van der Waals surface area contributed by atoms with Crippen LogP contribution < -0.4 is 4.90 Å². The monoisotopic (exact) mass is 445 g/mol. The van der Waals surface area contributed by atoms with Crippen molar-refractivity contribution < 1.29 is 14.4 Å². The molecule has 31 heavy (non-hydrogen) atoms. The molecule has 0 atom stereocenters. The Morgan fingerprint density at radius 3 is 2.58 bits per heavy atom. The van der Waals surface area contributed by atoms with Gasteiger partial charge in [0.05, 0.1) is 6.54 Å². The highest BCUT2D eigenvalue weighted by atomic mass is 35.5. The molecule has 0 N–H and O–H groups in total. The molecule has 6 nitrogen and oxygen atoms in total. The van der Waals surface area contributed by atoms with Gasteiger partial charge in [0, 0.05) is 23.7 Å². The lowest BCUT2D eigenvalue weighted by molar-refractivity contribution is -0.140. The van der Waals surface area contributed by atoms with Crippen LogP contribution >= 0.6 is 11.6 Å². The summed E-state index contributed by atoms with van der Waals surface area (Å²) in [4.78, 5) is 43.4. The quantitative estimate of drug-likeness (QED) is 0.607. The van der Waals surface area contributed by atoms with E-state index in [-0.39, 0.29) is 37.5 Å². The van der Waals surface area contributed by atoms with Crippen molar-refractivity contribution in [2.24, 2.45) is 11.8 Å². The standard InChI is InChI=1S/C24H32ClN3O3/c1-17-20(25)7-4-8-21(17)28-16-27(15-24(28)31)23(30)14-26(13-19-9-10-19)22(29)12-11-18-5-2-3-6-18/h4,7-8,18-19H,2-3,5-6,9-16H2,1H3. The minimum Gasteiger partial charge on any atom is -0.333 e. The van der Waals surface area contributed by atoms with Gasteiger partial charge in [-0.1, -0.05) is 43.4 Å². The number of nitrogens with zero attached hydrogens (tertiary/aromatic N) is 3. The van der Waals surface area contributed by atoms with Gasteiger partial charge in [-0.25, -0.2) is 0 Å². The summed E-state index contributed by atoms with van der Waals surface area (Å²) >= 11 is 6.21. The summed E-state index contributed by atoms with van der Waals surface area (Å²) < 4.78 is 0. The second-order valence-electron chi connectivity index (χ2n) is 9.35. The van der Waals surface area contributed by atoms with Gasteiger partial charge >= 0.3 is 0 Å². The first kappa shape index (κ1) is 22.1. The SMILES string of the molecule is Cc1c(Cl)cccc1N1CN(C(=O)CN(CC2CC2)C(=O)CCC2CCCC2)CC1=O. The predicted molar refractivity (Wildman–Crippen MR) is 121 cm³/mol. The molecule has 1 aliphatic heterocycles. The van der Waals surface area contributed by atoms with E-state index in [1.807, 2.05) is 19.1 Å². The van der Waals surface area contributed by atoms with Gasteiger partial charge in [0.25, 0.3) is 0 Å². The molecule has 1 aromatic rings. The Hall–Kier alpha value is -2.08. The zero-order chi connectivity index (χ0) is 22.0. The van der Waals surface area contributed by atoms with Crippen LogP contribution in [-0.4, -0.2) is 53.8 Å². The van der Waals surface area contributed by atoms with E-state index >= 15 is 0 Å². The van der Waals surface area contributed by atoms with Crippen molar-refractivity contribution in [3.63, 3.8) is 0 Å². The molecule has 4 rings (SSSR count). The second-order valence-corrected chi connectivity index (χ2v) is 9.75. The maximum atomic E-state index is 13.0. The molecule has 3 fully saturated rings. The van der Waals surface area contributed by atoms with Crippen molar-refractivity contribution in [1.82, 2.24) is 9.80 Å². The Morgan fingerprint density at radius 1 is 1.13 bits per heavy atom. The Bertz CT molecular complexity index is 848. The molecule has 7 heteroatoms. The maximum Gasteiger partial charge on any atom is 0.248 e. The highest BCUT2D eigenvalue weighted by molar-refractivity contribution is 6.31. The summed E-state index contributed by atoms with van der Waals surface area (Å²) in [6, 6.07) is 5.44. The fourth-order valence-corrected chi connectivity index (χ4v) is 4.90. The predicted octanol–water partition coefficient (Wildman–Crippen LogP) is 3.99. The topological polar surface area (TPSA) is 60.9 Å². The zero-order valence-corrected chi connectivity index (χ0v) is 19.1. The van der Waals surface area contributed by atoms with E-state index in [1.165, 1.54) is 25.7 Å². The first-order valence-corrected chi connectivity index (χ1v) is 11.9. The molecule has 1 heterocycles. The number of halogens is 1. The number of amides is 3. The van der Waals surface area contributed by atoms with Gasteiger partial charge in [-0.3, -0.25) is 19.3 Å². The molecule has 1 aromatic carbocycles. The molecule has 3 amide bonds. The molecule has 0 radical (unpaired) electrons. The summed E-state index contributed by atoms with van der Waals surface area (Å²) in [5, 5.41) is 0.596. The van der Waals surface area contributed by atoms with E-state index in [1.54, 1.807) is 20.8 Å². The Balaban J connectivity index is 1.37. The first-order chi connectivity index (χ1) is 14.9. The van der Waals surface area contributed by atoms with Crippen molar-refractivity contribution in [3.05, 3.63) is 28.8 Å². The summed E-state index contributed by atoms with van der Waals surface area (Å²) in [5.74, 6) is 0.979. The number of carbonyl (C=O) groups is 3. The van der Waals surface area contributed by atoms with E-state index < -0.39 is 0 Å². The van der Waals surface area contributed by atoms with Crippen LogP contribution in [0.1, 0.15) is 56.9 Å². The van der Waals surface area contributed by atoms with Gasteiger partial charge in [0.2, 0.25) is 17.7 Å². The molecule has 0 spiro atoms. The van der Waals surface area contributed by atoms with E-state index in [4.69, 9.17) is 11.6 Å². The van der Waals surface area contributed by atoms with Gasteiger partial charge in [0.15, 0.2) is 0 Å². The second kappa shape index (κ2) is 9.60. The number of benzene rings is 1. The van der Waals surface area contributed by atoms with Gasteiger partial charge in [-0.05, 0) is 55.7 Å². The molecular weight excluding hydrogens is 414 g/mol. The lowest BCUT2D eigenvalue weighted by Crippen LogP contribution is -2.43. The minimum absolute atomic E-state index is 0.0400. The molecule has 168 valence electrons. The first-order valence-electron chi connectivity index (χ1n) is 11.5. The van der Waals surface area contributed by atoms with Gasteiger partial charge in [0.1, 0.15) is 13.2 Å². The van der Waals surface area contributed by atoms with Crippen molar-refractivity contribution in [3.8, 4) is 0 Å². The van der Waals surface area contributed by atoms with Crippen LogP contribution in [0, 0.1) is 18.8 Å². The van der Waals surface area contributed by atoms with E-state index in [0.29, 0.717) is 29.8 Å².